The van der Waals surface area contributed by atoms with Crippen molar-refractivity contribution in [3.05, 3.63) is 81.9 Å². The lowest BCUT2D eigenvalue weighted by Gasteiger charge is -2.10. The first-order chi connectivity index (χ1) is 14.6. The van der Waals surface area contributed by atoms with E-state index in [9.17, 15) is 22.4 Å². The Bertz CT molecular complexity index is 1280. The van der Waals surface area contributed by atoms with Crippen molar-refractivity contribution in [1.82, 2.24) is 9.78 Å². The number of rotatable bonds is 6. The Hall–Kier alpha value is -3.33. The summed E-state index contributed by atoms with van der Waals surface area (Å²) in [6.07, 6.45) is 0. The molecule has 1 amide bonds. The second-order valence-electron chi connectivity index (χ2n) is 7.43. The fourth-order valence-corrected chi connectivity index (χ4v) is 4.08. The number of aryl methyl sites for hydroxylation is 1. The van der Waals surface area contributed by atoms with Crippen LogP contribution in [0.15, 0.2) is 69.3 Å². The van der Waals surface area contributed by atoms with Crippen molar-refractivity contribution in [3.8, 4) is 0 Å². The second-order valence-corrected chi connectivity index (χ2v) is 9.32. The number of nitrogens with one attached hydrogen (secondary N) is 1. The average Bonchev–Trinajstić information content (AvgIpc) is 2.71. The van der Waals surface area contributed by atoms with Crippen LogP contribution in [0.2, 0.25) is 0 Å². The van der Waals surface area contributed by atoms with Gasteiger partial charge in [0, 0.05) is 6.07 Å². The molecule has 3 aromatic rings. The molecule has 9 heteroatoms. The van der Waals surface area contributed by atoms with Gasteiger partial charge in [0.15, 0.2) is 5.03 Å². The summed E-state index contributed by atoms with van der Waals surface area (Å²) in [5.74, 6) is -1.09. The Morgan fingerprint density at radius 1 is 1.10 bits per heavy atom. The minimum Gasteiger partial charge on any atom is -0.322 e. The standard InChI is InChI=1S/C22H22FN3O4S/c1-14(2)16-5-7-17(8-6-16)31(29,30)21-10-11-22(28)26(25-21)13-20(27)24-19-9-4-15(3)12-18(19)23/h4-12,14H,13H2,1-3H3,(H,24,27). The first kappa shape index (κ1) is 22.4. The third-order valence-electron chi connectivity index (χ3n) is 4.67. The molecule has 0 fully saturated rings. The highest BCUT2D eigenvalue weighted by atomic mass is 32.2. The van der Waals surface area contributed by atoms with Crippen LogP contribution in [0.25, 0.3) is 0 Å². The number of halogens is 1. The van der Waals surface area contributed by atoms with Crippen LogP contribution in [0, 0.1) is 12.7 Å². The zero-order valence-electron chi connectivity index (χ0n) is 17.3. The van der Waals surface area contributed by atoms with Gasteiger partial charge >= 0.3 is 0 Å². The van der Waals surface area contributed by atoms with Crippen molar-refractivity contribution in [2.75, 3.05) is 5.32 Å². The minimum atomic E-state index is -3.99. The normalized spacial score (nSPS) is 11.5. The van der Waals surface area contributed by atoms with Crippen molar-refractivity contribution in [2.24, 2.45) is 0 Å². The van der Waals surface area contributed by atoms with Gasteiger partial charge in [0.25, 0.3) is 5.56 Å². The van der Waals surface area contributed by atoms with E-state index in [-0.39, 0.29) is 21.5 Å². The van der Waals surface area contributed by atoms with E-state index in [1.807, 2.05) is 13.8 Å². The maximum atomic E-state index is 13.9. The van der Waals surface area contributed by atoms with Crippen LogP contribution in [-0.2, 0) is 21.2 Å². The third-order valence-corrected chi connectivity index (χ3v) is 6.33. The molecule has 1 N–H and O–H groups in total. The molecular formula is C22H22FN3O4S. The number of amides is 1. The number of sulfone groups is 1. The summed E-state index contributed by atoms with van der Waals surface area (Å²) in [4.78, 5) is 24.4. The summed E-state index contributed by atoms with van der Waals surface area (Å²) in [6.45, 7) is 5.13. The monoisotopic (exact) mass is 443 g/mol. The first-order valence-electron chi connectivity index (χ1n) is 9.57. The highest BCUT2D eigenvalue weighted by Gasteiger charge is 2.21. The van der Waals surface area contributed by atoms with Crippen LogP contribution in [0.4, 0.5) is 10.1 Å². The molecular weight excluding hydrogens is 421 g/mol. The largest absolute Gasteiger partial charge is 0.322 e. The molecule has 0 atom stereocenters. The Kier molecular flexibility index (Phi) is 6.35. The molecule has 0 spiro atoms. The fourth-order valence-electron chi connectivity index (χ4n) is 2.89. The summed E-state index contributed by atoms with van der Waals surface area (Å²) in [6, 6.07) is 12.8. The quantitative estimate of drug-likeness (QED) is 0.630. The number of carbonyl (C=O) groups excluding carboxylic acids is 1. The topological polar surface area (TPSA) is 98.1 Å². The average molecular weight is 444 g/mol. The van der Waals surface area contributed by atoms with Crippen LogP contribution in [0.1, 0.15) is 30.9 Å². The second kappa shape index (κ2) is 8.81. The highest BCUT2D eigenvalue weighted by molar-refractivity contribution is 7.91. The molecule has 2 aromatic carbocycles. The van der Waals surface area contributed by atoms with Gasteiger partial charge in [-0.3, -0.25) is 9.59 Å². The summed E-state index contributed by atoms with van der Waals surface area (Å²) < 4.78 is 40.5. The van der Waals surface area contributed by atoms with E-state index in [0.29, 0.717) is 5.56 Å². The molecule has 0 bridgehead atoms. The molecule has 3 rings (SSSR count). The van der Waals surface area contributed by atoms with E-state index in [2.05, 4.69) is 10.4 Å². The van der Waals surface area contributed by atoms with Gasteiger partial charge in [-0.05, 0) is 54.3 Å². The van der Waals surface area contributed by atoms with E-state index in [0.717, 1.165) is 22.4 Å². The van der Waals surface area contributed by atoms with Crippen LogP contribution >= 0.6 is 0 Å². The van der Waals surface area contributed by atoms with Crippen molar-refractivity contribution < 1.29 is 17.6 Å². The molecule has 0 aliphatic rings. The molecule has 0 saturated carbocycles. The molecule has 7 nitrogen and oxygen atoms in total. The molecule has 162 valence electrons. The van der Waals surface area contributed by atoms with E-state index in [1.165, 1.54) is 24.3 Å². The van der Waals surface area contributed by atoms with E-state index < -0.39 is 33.7 Å². The Morgan fingerprint density at radius 2 is 1.77 bits per heavy atom. The minimum absolute atomic E-state index is 0.0285. The first-order valence-corrected chi connectivity index (χ1v) is 11.1. The van der Waals surface area contributed by atoms with Gasteiger partial charge in [-0.15, -0.1) is 0 Å². The number of carbonyl (C=O) groups is 1. The number of aromatic nitrogens is 2. The van der Waals surface area contributed by atoms with E-state index in [4.69, 9.17) is 0 Å². The lowest BCUT2D eigenvalue weighted by Crippen LogP contribution is -2.30. The highest BCUT2D eigenvalue weighted by Crippen LogP contribution is 2.21. The molecule has 31 heavy (non-hydrogen) atoms. The predicted octanol–water partition coefficient (Wildman–Crippen LogP) is 3.29. The van der Waals surface area contributed by atoms with Crippen LogP contribution in [-0.4, -0.2) is 24.1 Å². The molecule has 0 aliphatic carbocycles. The van der Waals surface area contributed by atoms with Gasteiger partial charge in [-0.2, -0.15) is 5.10 Å². The van der Waals surface area contributed by atoms with Crippen molar-refractivity contribution in [2.45, 2.75) is 43.2 Å². The fraction of sp³-hybridized carbons (Fsp3) is 0.227. The summed E-state index contributed by atoms with van der Waals surface area (Å²) >= 11 is 0. The van der Waals surface area contributed by atoms with Crippen LogP contribution < -0.4 is 10.9 Å². The number of hydrogen-bond donors (Lipinski definition) is 1. The summed E-state index contributed by atoms with van der Waals surface area (Å²) in [5.41, 5.74) is 0.968. The van der Waals surface area contributed by atoms with Crippen molar-refractivity contribution in [3.63, 3.8) is 0 Å². The molecule has 0 radical (unpaired) electrons. The molecule has 0 saturated heterocycles. The lowest BCUT2D eigenvalue weighted by molar-refractivity contribution is -0.117. The smallest absolute Gasteiger partial charge is 0.267 e. The van der Waals surface area contributed by atoms with Crippen LogP contribution in [0.5, 0.6) is 0 Å². The van der Waals surface area contributed by atoms with Gasteiger partial charge in [0.2, 0.25) is 15.7 Å². The maximum Gasteiger partial charge on any atom is 0.267 e. The predicted molar refractivity (Wildman–Crippen MR) is 114 cm³/mol. The molecule has 0 aliphatic heterocycles. The third kappa shape index (κ3) is 5.05. The zero-order valence-corrected chi connectivity index (χ0v) is 18.1. The number of hydrogen-bond acceptors (Lipinski definition) is 5. The van der Waals surface area contributed by atoms with Gasteiger partial charge in [0.1, 0.15) is 12.4 Å². The van der Waals surface area contributed by atoms with E-state index in [1.54, 1.807) is 25.1 Å². The van der Waals surface area contributed by atoms with Crippen molar-refractivity contribution >= 4 is 21.4 Å². The van der Waals surface area contributed by atoms with E-state index >= 15 is 0 Å². The van der Waals surface area contributed by atoms with Gasteiger partial charge in [-0.25, -0.2) is 17.5 Å². The molecule has 0 unspecified atom stereocenters. The number of anilines is 1. The van der Waals surface area contributed by atoms with Gasteiger partial charge < -0.3 is 5.32 Å². The summed E-state index contributed by atoms with van der Waals surface area (Å²) in [7, 11) is -3.99. The maximum absolute atomic E-state index is 13.9. The molecule has 1 heterocycles. The zero-order chi connectivity index (χ0) is 22.8. The Labute approximate surface area is 179 Å². The molecule has 1 aromatic heterocycles. The van der Waals surface area contributed by atoms with Gasteiger partial charge in [-0.1, -0.05) is 32.0 Å². The lowest BCUT2D eigenvalue weighted by atomic mass is 10.0. The number of nitrogens with zero attached hydrogens (tertiary/aromatic N) is 2. The Morgan fingerprint density at radius 3 is 2.39 bits per heavy atom. The Balaban J connectivity index is 1.85. The number of benzene rings is 2. The summed E-state index contributed by atoms with van der Waals surface area (Å²) in [5, 5.41) is 5.85. The van der Waals surface area contributed by atoms with Gasteiger partial charge in [0.05, 0.1) is 10.6 Å². The van der Waals surface area contributed by atoms with Crippen LogP contribution in [0.3, 0.4) is 0 Å². The SMILES string of the molecule is Cc1ccc(NC(=O)Cn2nc(S(=O)(=O)c3ccc(C(C)C)cc3)ccc2=O)c(F)c1. The van der Waals surface area contributed by atoms with Crippen molar-refractivity contribution in [1.29, 1.82) is 0 Å².